The number of carbonyl (C=O) groups excluding carboxylic acids is 5. The minimum absolute atomic E-state index is 0.0774. The van der Waals surface area contributed by atoms with Crippen LogP contribution in [0.3, 0.4) is 0 Å². The molecule has 6 aliphatic rings. The smallest absolute Gasteiger partial charge is 0.262 e. The summed E-state index contributed by atoms with van der Waals surface area (Å²) in [7, 11) is 0. The van der Waals surface area contributed by atoms with Crippen LogP contribution in [-0.4, -0.2) is 96.1 Å². The summed E-state index contributed by atoms with van der Waals surface area (Å²) >= 11 is 6.31. The van der Waals surface area contributed by atoms with E-state index < -0.39 is 35.5 Å². The summed E-state index contributed by atoms with van der Waals surface area (Å²) in [6.07, 6.45) is 4.82. The van der Waals surface area contributed by atoms with Gasteiger partial charge >= 0.3 is 0 Å². The zero-order valence-corrected chi connectivity index (χ0v) is 32.3. The summed E-state index contributed by atoms with van der Waals surface area (Å²) < 4.78 is 15.6. The second-order valence-corrected chi connectivity index (χ2v) is 17.0. The van der Waals surface area contributed by atoms with Gasteiger partial charge < -0.3 is 14.7 Å². The summed E-state index contributed by atoms with van der Waals surface area (Å²) in [4.78, 5) is 73.8. The van der Waals surface area contributed by atoms with Gasteiger partial charge in [-0.2, -0.15) is 5.26 Å². The number of benzene rings is 3. The molecule has 12 nitrogen and oxygen atoms in total. The van der Waals surface area contributed by atoms with E-state index in [9.17, 15) is 29.2 Å². The van der Waals surface area contributed by atoms with E-state index in [1.54, 1.807) is 29.2 Å². The molecule has 294 valence electrons. The van der Waals surface area contributed by atoms with Crippen LogP contribution >= 0.6 is 11.6 Å². The third kappa shape index (κ3) is 6.82. The van der Waals surface area contributed by atoms with Gasteiger partial charge in [-0.25, -0.2) is 4.39 Å². The highest BCUT2D eigenvalue weighted by Crippen LogP contribution is 2.43. The van der Waals surface area contributed by atoms with Gasteiger partial charge in [-0.1, -0.05) is 11.6 Å². The zero-order chi connectivity index (χ0) is 39.6. The molecule has 1 N–H and O–H groups in total. The van der Waals surface area contributed by atoms with Crippen molar-refractivity contribution in [3.05, 3.63) is 92.8 Å². The van der Waals surface area contributed by atoms with Gasteiger partial charge in [-0.05, 0) is 110 Å². The van der Waals surface area contributed by atoms with Crippen molar-refractivity contribution in [3.63, 3.8) is 0 Å². The van der Waals surface area contributed by atoms with E-state index in [-0.39, 0.29) is 29.7 Å². The predicted molar refractivity (Wildman–Crippen MR) is 209 cm³/mol. The second-order valence-electron chi connectivity index (χ2n) is 16.6. The number of hydrogen-bond acceptors (Lipinski definition) is 9. The first kappa shape index (κ1) is 37.3. The SMILES string of the molecule is N#Cc1ccc(N2CCC3(CCN(c4ccc(C(=O)N5CCC(CN6Cc7cc8c(cc7C6)C(=O)N(C6CCC(=O)NC6=O)C8=O)CC5)c(F)c4)CC3)C2)cc1Cl. The van der Waals surface area contributed by atoms with Gasteiger partial charge in [0.15, 0.2) is 0 Å². The number of hydrogen-bond donors (Lipinski definition) is 1. The molecule has 0 radical (unpaired) electrons. The summed E-state index contributed by atoms with van der Waals surface area (Å²) in [5.74, 6) is -2.47. The molecule has 3 aromatic carbocycles. The van der Waals surface area contributed by atoms with Crippen molar-refractivity contribution in [2.24, 2.45) is 11.3 Å². The van der Waals surface area contributed by atoms with Crippen molar-refractivity contribution in [2.75, 3.05) is 55.6 Å². The Morgan fingerprint density at radius 1 is 0.842 bits per heavy atom. The van der Waals surface area contributed by atoms with Crippen molar-refractivity contribution in [1.82, 2.24) is 20.0 Å². The lowest BCUT2D eigenvalue weighted by atomic mass is 9.77. The first-order valence-corrected chi connectivity index (χ1v) is 20.2. The van der Waals surface area contributed by atoms with E-state index in [0.717, 1.165) is 92.2 Å². The van der Waals surface area contributed by atoms with Gasteiger partial charge in [0.25, 0.3) is 17.7 Å². The van der Waals surface area contributed by atoms with Crippen LogP contribution in [0.4, 0.5) is 15.8 Å². The predicted octanol–water partition coefficient (Wildman–Crippen LogP) is 5.12. The molecule has 4 saturated heterocycles. The summed E-state index contributed by atoms with van der Waals surface area (Å²) in [6.45, 7) is 6.62. The number of rotatable bonds is 6. The van der Waals surface area contributed by atoms with Gasteiger partial charge in [0.2, 0.25) is 11.8 Å². The summed E-state index contributed by atoms with van der Waals surface area (Å²) in [5, 5.41) is 11.9. The minimum Gasteiger partial charge on any atom is -0.371 e. The van der Waals surface area contributed by atoms with Crippen LogP contribution in [0.25, 0.3) is 0 Å². The molecule has 6 aliphatic heterocycles. The highest BCUT2D eigenvalue weighted by Gasteiger charge is 2.46. The molecule has 9 rings (SSSR count). The molecule has 1 atom stereocenters. The molecule has 1 unspecified atom stereocenters. The molecule has 6 heterocycles. The molecule has 1 spiro atoms. The molecule has 0 aromatic heterocycles. The van der Waals surface area contributed by atoms with Crippen LogP contribution in [0.2, 0.25) is 5.02 Å². The first-order valence-electron chi connectivity index (χ1n) is 19.9. The highest BCUT2D eigenvalue weighted by molar-refractivity contribution is 6.32. The molecule has 0 aliphatic carbocycles. The van der Waals surface area contributed by atoms with Crippen LogP contribution in [-0.2, 0) is 22.7 Å². The second kappa shape index (κ2) is 14.6. The number of fused-ring (bicyclic) bond motifs is 2. The number of anilines is 2. The Kier molecular flexibility index (Phi) is 9.52. The summed E-state index contributed by atoms with van der Waals surface area (Å²) in [6, 6.07) is 15.3. The largest absolute Gasteiger partial charge is 0.371 e. The third-order valence-corrected chi connectivity index (χ3v) is 13.5. The van der Waals surface area contributed by atoms with Gasteiger partial charge in [0.1, 0.15) is 17.9 Å². The van der Waals surface area contributed by atoms with Gasteiger partial charge in [-0.15, -0.1) is 0 Å². The van der Waals surface area contributed by atoms with Crippen LogP contribution in [0.5, 0.6) is 0 Å². The van der Waals surface area contributed by atoms with Gasteiger partial charge in [0, 0.05) is 76.7 Å². The number of carbonyl (C=O) groups is 5. The van der Waals surface area contributed by atoms with Crippen molar-refractivity contribution in [1.29, 1.82) is 5.26 Å². The topological polar surface area (TPSA) is 137 Å². The first-order chi connectivity index (χ1) is 27.5. The molecule has 0 saturated carbocycles. The molecular weight excluding hydrogens is 749 g/mol. The maximum atomic E-state index is 15.6. The quantitative estimate of drug-likeness (QED) is 0.338. The van der Waals surface area contributed by atoms with Crippen LogP contribution in [0, 0.1) is 28.5 Å². The van der Waals surface area contributed by atoms with E-state index in [2.05, 4.69) is 26.1 Å². The standard InChI is InChI=1S/C43H43ClFN7O5/c44-35-19-30(2-1-27(35)21-46)51-16-11-43(25-51)9-14-49(15-10-43)31-3-4-32(36(45)20-31)40(55)50-12-7-26(8-13-50)22-48-23-28-17-33-34(18-29(28)24-48)42(57)52(41(33)56)37-5-6-38(53)47-39(37)54/h1-4,17-20,26,37H,5-16,22-25H2,(H,47,53,54). The van der Waals surface area contributed by atoms with Crippen LogP contribution in [0.1, 0.15) is 92.7 Å². The van der Waals surface area contributed by atoms with Crippen LogP contribution < -0.4 is 15.1 Å². The lowest BCUT2D eigenvalue weighted by Gasteiger charge is -2.40. The fourth-order valence-corrected chi connectivity index (χ4v) is 10.1. The van der Waals surface area contributed by atoms with E-state index in [1.165, 1.54) is 6.07 Å². The fraction of sp³-hybridized carbons (Fsp3) is 0.442. The van der Waals surface area contributed by atoms with E-state index >= 15 is 4.39 Å². The Hall–Kier alpha value is -5.32. The molecule has 4 fully saturated rings. The van der Waals surface area contributed by atoms with Crippen molar-refractivity contribution < 1.29 is 28.4 Å². The number of imide groups is 2. The molecule has 0 bridgehead atoms. The third-order valence-electron chi connectivity index (χ3n) is 13.2. The summed E-state index contributed by atoms with van der Waals surface area (Å²) in [5.41, 5.74) is 5.14. The maximum Gasteiger partial charge on any atom is 0.262 e. The Morgan fingerprint density at radius 2 is 1.47 bits per heavy atom. The number of nitriles is 1. The number of nitrogens with zero attached hydrogens (tertiary/aromatic N) is 6. The monoisotopic (exact) mass is 791 g/mol. The van der Waals surface area contributed by atoms with Crippen molar-refractivity contribution in [2.45, 2.75) is 64.1 Å². The Labute approximate surface area is 335 Å². The van der Waals surface area contributed by atoms with Gasteiger partial charge in [0.05, 0.1) is 27.3 Å². The van der Waals surface area contributed by atoms with Gasteiger partial charge in [-0.3, -0.25) is 39.1 Å². The molecule has 3 aromatic rings. The maximum absolute atomic E-state index is 15.6. The lowest BCUT2D eigenvalue weighted by molar-refractivity contribution is -0.136. The number of likely N-dealkylation sites (tertiary alicyclic amines) is 1. The zero-order valence-electron chi connectivity index (χ0n) is 31.6. The highest BCUT2D eigenvalue weighted by atomic mass is 35.5. The minimum atomic E-state index is -0.989. The van der Waals surface area contributed by atoms with E-state index in [0.29, 0.717) is 53.8 Å². The normalized spacial score (nSPS) is 22.3. The number of amides is 5. The Balaban J connectivity index is 0.754. The Morgan fingerprint density at radius 3 is 2.09 bits per heavy atom. The number of piperidine rings is 3. The van der Waals surface area contributed by atoms with Crippen molar-refractivity contribution >= 4 is 52.5 Å². The van der Waals surface area contributed by atoms with E-state index in [4.69, 9.17) is 11.6 Å². The lowest BCUT2D eigenvalue weighted by Crippen LogP contribution is -2.54. The van der Waals surface area contributed by atoms with E-state index in [1.807, 2.05) is 18.2 Å². The Bertz CT molecular complexity index is 2210. The molecule has 14 heteroatoms. The average Bonchev–Trinajstić information content (AvgIpc) is 3.87. The average molecular weight is 792 g/mol. The number of nitrogens with one attached hydrogen (secondary N) is 1. The molecular formula is C43H43ClFN7O5. The number of halogens is 2. The molecule has 5 amide bonds. The fourth-order valence-electron chi connectivity index (χ4n) is 9.89. The van der Waals surface area contributed by atoms with Crippen LogP contribution in [0.15, 0.2) is 48.5 Å². The van der Waals surface area contributed by atoms with Crippen molar-refractivity contribution in [3.8, 4) is 6.07 Å². The molecule has 57 heavy (non-hydrogen) atoms.